The van der Waals surface area contributed by atoms with Crippen molar-refractivity contribution in [2.45, 2.75) is 0 Å². The third-order valence-corrected chi connectivity index (χ3v) is 4.34. The van der Waals surface area contributed by atoms with Gasteiger partial charge in [-0.2, -0.15) is 0 Å². The molecule has 0 radical (unpaired) electrons. The summed E-state index contributed by atoms with van der Waals surface area (Å²) in [6.07, 6.45) is 1.45. The quantitative estimate of drug-likeness (QED) is 0.297. The first-order valence-electron chi connectivity index (χ1n) is 8.40. The molecule has 0 N–H and O–H groups in total. The molecule has 4 rings (SSSR count). The summed E-state index contributed by atoms with van der Waals surface area (Å²) < 4.78 is 10.3. The Balaban J connectivity index is 1.75. The second-order valence-electron chi connectivity index (χ2n) is 6.05. The first-order chi connectivity index (χ1) is 13.6. The molecule has 0 saturated heterocycles. The number of carbonyl (C=O) groups is 1. The SMILES string of the molecule is COc1ccc(/C=C2/N=C(c3cccc4ccccc34)OC2=O)cc1[N+](=O)[O-]. The molecule has 7 heteroatoms. The van der Waals surface area contributed by atoms with Crippen LogP contribution in [0, 0.1) is 10.1 Å². The van der Waals surface area contributed by atoms with Gasteiger partial charge in [0, 0.05) is 11.6 Å². The van der Waals surface area contributed by atoms with Crippen LogP contribution in [0.15, 0.2) is 71.4 Å². The van der Waals surface area contributed by atoms with Gasteiger partial charge in [0.1, 0.15) is 0 Å². The molecule has 0 spiro atoms. The number of hydrogen-bond donors (Lipinski definition) is 0. The molecule has 3 aromatic carbocycles. The molecule has 28 heavy (non-hydrogen) atoms. The van der Waals surface area contributed by atoms with E-state index in [1.165, 1.54) is 25.3 Å². The van der Waals surface area contributed by atoms with E-state index in [2.05, 4.69) is 4.99 Å². The Morgan fingerprint density at radius 2 is 1.89 bits per heavy atom. The minimum atomic E-state index is -0.610. The molecule has 0 atom stereocenters. The molecule has 0 fully saturated rings. The summed E-state index contributed by atoms with van der Waals surface area (Å²) in [5, 5.41) is 13.1. The highest BCUT2D eigenvalue weighted by atomic mass is 16.6. The zero-order valence-corrected chi connectivity index (χ0v) is 14.8. The van der Waals surface area contributed by atoms with Gasteiger partial charge in [0.05, 0.1) is 12.0 Å². The molecule has 7 nitrogen and oxygen atoms in total. The maximum atomic E-state index is 12.3. The van der Waals surface area contributed by atoms with Crippen molar-refractivity contribution in [3.63, 3.8) is 0 Å². The smallest absolute Gasteiger partial charge is 0.363 e. The summed E-state index contributed by atoms with van der Waals surface area (Å²) in [5.41, 5.74) is 1.03. The third-order valence-electron chi connectivity index (χ3n) is 4.34. The van der Waals surface area contributed by atoms with Gasteiger partial charge in [0.15, 0.2) is 11.4 Å². The summed E-state index contributed by atoms with van der Waals surface area (Å²) in [6, 6.07) is 17.8. The number of aliphatic imine (C=N–C) groups is 1. The van der Waals surface area contributed by atoms with Crippen molar-refractivity contribution in [2.24, 2.45) is 4.99 Å². The van der Waals surface area contributed by atoms with Crippen LogP contribution in [0.5, 0.6) is 5.75 Å². The molecular formula is C21H14N2O5. The summed E-state index contributed by atoms with van der Waals surface area (Å²) in [5.74, 6) is -0.265. The molecule has 0 bridgehead atoms. The van der Waals surface area contributed by atoms with E-state index in [-0.39, 0.29) is 23.0 Å². The summed E-state index contributed by atoms with van der Waals surface area (Å²) in [7, 11) is 1.36. The number of nitrogens with zero attached hydrogens (tertiary/aromatic N) is 2. The van der Waals surface area contributed by atoms with E-state index < -0.39 is 10.9 Å². The fourth-order valence-electron chi connectivity index (χ4n) is 3.03. The van der Waals surface area contributed by atoms with Crippen molar-refractivity contribution in [3.05, 3.63) is 87.6 Å². The van der Waals surface area contributed by atoms with Crippen LogP contribution < -0.4 is 4.74 Å². The first kappa shape index (κ1) is 17.4. The van der Waals surface area contributed by atoms with Gasteiger partial charge in [-0.25, -0.2) is 9.79 Å². The average molecular weight is 374 g/mol. The number of esters is 1. The number of benzene rings is 3. The minimum Gasteiger partial charge on any atom is -0.490 e. The molecular weight excluding hydrogens is 360 g/mol. The average Bonchev–Trinajstić information content (AvgIpc) is 3.07. The normalized spacial score (nSPS) is 14.8. The second-order valence-corrected chi connectivity index (χ2v) is 6.05. The highest BCUT2D eigenvalue weighted by Crippen LogP contribution is 2.30. The molecule has 3 aromatic rings. The highest BCUT2D eigenvalue weighted by Gasteiger charge is 2.25. The predicted octanol–water partition coefficient (Wildman–Crippen LogP) is 4.10. The Kier molecular flexibility index (Phi) is 4.33. The van der Waals surface area contributed by atoms with Crippen LogP contribution in [0.2, 0.25) is 0 Å². The predicted molar refractivity (Wildman–Crippen MR) is 104 cm³/mol. The van der Waals surface area contributed by atoms with E-state index in [9.17, 15) is 14.9 Å². The zero-order valence-electron chi connectivity index (χ0n) is 14.8. The Hall–Kier alpha value is -4.00. The fourth-order valence-corrected chi connectivity index (χ4v) is 3.03. The Morgan fingerprint density at radius 1 is 1.11 bits per heavy atom. The molecule has 0 aromatic heterocycles. The molecule has 1 aliphatic heterocycles. The van der Waals surface area contributed by atoms with E-state index in [0.717, 1.165) is 10.8 Å². The van der Waals surface area contributed by atoms with E-state index in [4.69, 9.17) is 9.47 Å². The van der Waals surface area contributed by atoms with Crippen molar-refractivity contribution in [1.82, 2.24) is 0 Å². The van der Waals surface area contributed by atoms with Gasteiger partial charge in [0.2, 0.25) is 5.90 Å². The molecule has 138 valence electrons. The first-order valence-corrected chi connectivity index (χ1v) is 8.40. The number of carbonyl (C=O) groups excluding carboxylic acids is 1. The Labute approximate surface area is 159 Å². The van der Waals surface area contributed by atoms with E-state index in [0.29, 0.717) is 11.1 Å². The van der Waals surface area contributed by atoms with Crippen molar-refractivity contribution >= 4 is 34.4 Å². The molecule has 0 aliphatic carbocycles. The van der Waals surface area contributed by atoms with Crippen LogP contribution >= 0.6 is 0 Å². The maximum Gasteiger partial charge on any atom is 0.363 e. The fraction of sp³-hybridized carbons (Fsp3) is 0.0476. The number of ether oxygens (including phenoxy) is 2. The molecule has 0 saturated carbocycles. The number of nitro groups is 1. The van der Waals surface area contributed by atoms with E-state index >= 15 is 0 Å². The number of rotatable bonds is 4. The zero-order chi connectivity index (χ0) is 19.7. The maximum absolute atomic E-state index is 12.3. The van der Waals surface area contributed by atoms with Gasteiger partial charge in [-0.05, 0) is 34.5 Å². The van der Waals surface area contributed by atoms with Crippen LogP contribution in [0.1, 0.15) is 11.1 Å². The van der Waals surface area contributed by atoms with Crippen molar-refractivity contribution in [2.75, 3.05) is 7.11 Å². The topological polar surface area (TPSA) is 91.0 Å². The Bertz CT molecular complexity index is 1180. The largest absolute Gasteiger partial charge is 0.490 e. The van der Waals surface area contributed by atoms with Crippen molar-refractivity contribution in [1.29, 1.82) is 0 Å². The number of cyclic esters (lactones) is 1. The van der Waals surface area contributed by atoms with Crippen molar-refractivity contribution in [3.8, 4) is 5.75 Å². The summed E-state index contributed by atoms with van der Waals surface area (Å²) in [4.78, 5) is 27.2. The third kappa shape index (κ3) is 3.09. The van der Waals surface area contributed by atoms with Crippen LogP contribution in [0.4, 0.5) is 5.69 Å². The van der Waals surface area contributed by atoms with Gasteiger partial charge in [-0.1, -0.05) is 42.5 Å². The standard InChI is InChI=1S/C21H14N2O5/c1-27-19-10-9-13(12-18(19)23(25)26)11-17-21(24)28-20(22-17)16-8-4-6-14-5-2-3-7-15(14)16/h2-12H,1H3/b17-11+. The van der Waals surface area contributed by atoms with Crippen molar-refractivity contribution < 1.29 is 19.2 Å². The highest BCUT2D eigenvalue weighted by molar-refractivity contribution is 6.17. The summed E-state index contributed by atoms with van der Waals surface area (Å²) in [6.45, 7) is 0. The monoisotopic (exact) mass is 374 g/mol. The summed E-state index contributed by atoms with van der Waals surface area (Å²) >= 11 is 0. The van der Waals surface area contributed by atoms with Gasteiger partial charge < -0.3 is 9.47 Å². The lowest BCUT2D eigenvalue weighted by molar-refractivity contribution is -0.385. The van der Waals surface area contributed by atoms with Gasteiger partial charge in [-0.3, -0.25) is 10.1 Å². The van der Waals surface area contributed by atoms with Gasteiger partial charge >= 0.3 is 11.7 Å². The number of methoxy groups -OCH3 is 1. The number of nitro benzene ring substituents is 1. The van der Waals surface area contributed by atoms with E-state index in [1.54, 1.807) is 6.07 Å². The Morgan fingerprint density at radius 3 is 2.68 bits per heavy atom. The van der Waals surface area contributed by atoms with Crippen LogP contribution in [0.3, 0.4) is 0 Å². The molecule has 1 heterocycles. The lowest BCUT2D eigenvalue weighted by Gasteiger charge is -2.04. The number of hydrogen-bond acceptors (Lipinski definition) is 6. The number of fused-ring (bicyclic) bond motifs is 1. The lowest BCUT2D eigenvalue weighted by atomic mass is 10.0. The van der Waals surface area contributed by atoms with Crippen LogP contribution in [-0.2, 0) is 9.53 Å². The van der Waals surface area contributed by atoms with Gasteiger partial charge in [-0.15, -0.1) is 0 Å². The molecule has 0 unspecified atom stereocenters. The molecule has 1 aliphatic rings. The lowest BCUT2D eigenvalue weighted by Crippen LogP contribution is -2.05. The van der Waals surface area contributed by atoms with Crippen LogP contribution in [0.25, 0.3) is 16.8 Å². The second kappa shape index (κ2) is 6.96. The van der Waals surface area contributed by atoms with E-state index in [1.807, 2.05) is 42.5 Å². The molecule has 0 amide bonds. The van der Waals surface area contributed by atoms with Gasteiger partial charge in [0.25, 0.3) is 0 Å². The minimum absolute atomic E-state index is 0.0717. The van der Waals surface area contributed by atoms with Crippen LogP contribution in [-0.4, -0.2) is 23.9 Å².